The van der Waals surface area contributed by atoms with E-state index in [-0.39, 0.29) is 0 Å². The molecule has 1 aliphatic rings. The van der Waals surface area contributed by atoms with Gasteiger partial charge in [0.1, 0.15) is 11.6 Å². The van der Waals surface area contributed by atoms with Crippen LogP contribution in [0.1, 0.15) is 30.4 Å². The Hall–Kier alpha value is -2.14. The van der Waals surface area contributed by atoms with Gasteiger partial charge in [-0.05, 0) is 31.9 Å². The van der Waals surface area contributed by atoms with Crippen LogP contribution in [0.4, 0.5) is 0 Å². The molecule has 0 atom stereocenters. The summed E-state index contributed by atoms with van der Waals surface area (Å²) >= 11 is 0. The second kappa shape index (κ2) is 4.18. The molecule has 2 aromatic heterocycles. The Bertz CT molecular complexity index is 764. The molecule has 102 valence electrons. The third-order valence-corrected chi connectivity index (χ3v) is 4.07. The van der Waals surface area contributed by atoms with Crippen molar-refractivity contribution in [2.45, 2.75) is 31.7 Å². The van der Waals surface area contributed by atoms with E-state index in [9.17, 15) is 0 Å². The van der Waals surface area contributed by atoms with Crippen LogP contribution in [0, 0.1) is 6.92 Å². The maximum atomic E-state index is 5.84. The van der Waals surface area contributed by atoms with Gasteiger partial charge in [0.05, 0.1) is 22.9 Å². The highest BCUT2D eigenvalue weighted by Gasteiger charge is 2.29. The Morgan fingerprint density at radius 1 is 1.25 bits per heavy atom. The predicted molar refractivity (Wildman–Crippen MR) is 78.4 cm³/mol. The van der Waals surface area contributed by atoms with E-state index in [0.717, 1.165) is 46.8 Å². The average Bonchev–Trinajstić information content (AvgIpc) is 2.99. The number of imidazole rings is 2. The van der Waals surface area contributed by atoms with Gasteiger partial charge in [-0.3, -0.25) is 0 Å². The standard InChI is InChI=1S/C15H17N5/c1-8-18-12-3-2-9(6-13(12)19-8)14-7-17-15(20-14)10-4-11(16)5-10/h2-3,6-7,10-11H,4-5,16H2,1H3,(H,17,20)(H,18,19). The van der Waals surface area contributed by atoms with Crippen molar-refractivity contribution in [3.63, 3.8) is 0 Å². The fraction of sp³-hybridized carbons (Fsp3) is 0.333. The summed E-state index contributed by atoms with van der Waals surface area (Å²) < 4.78 is 0. The van der Waals surface area contributed by atoms with Crippen molar-refractivity contribution in [1.29, 1.82) is 0 Å². The molecule has 0 radical (unpaired) electrons. The molecule has 0 spiro atoms. The minimum absolute atomic E-state index is 0.345. The summed E-state index contributed by atoms with van der Waals surface area (Å²) in [6.07, 6.45) is 3.97. The number of nitrogens with zero attached hydrogens (tertiary/aromatic N) is 2. The van der Waals surface area contributed by atoms with Crippen LogP contribution in [-0.4, -0.2) is 26.0 Å². The fourth-order valence-electron chi connectivity index (χ4n) is 2.88. The average molecular weight is 267 g/mol. The second-order valence-corrected chi connectivity index (χ2v) is 5.66. The minimum Gasteiger partial charge on any atom is -0.342 e. The molecule has 4 N–H and O–H groups in total. The first kappa shape index (κ1) is 11.7. The van der Waals surface area contributed by atoms with E-state index in [1.807, 2.05) is 19.2 Å². The summed E-state index contributed by atoms with van der Waals surface area (Å²) in [7, 11) is 0. The van der Waals surface area contributed by atoms with Crippen molar-refractivity contribution in [2.24, 2.45) is 5.73 Å². The molecule has 1 saturated carbocycles. The van der Waals surface area contributed by atoms with Gasteiger partial charge in [-0.25, -0.2) is 9.97 Å². The number of aryl methyl sites for hydroxylation is 1. The number of H-pyrrole nitrogens is 2. The minimum atomic E-state index is 0.345. The molecule has 0 unspecified atom stereocenters. The van der Waals surface area contributed by atoms with Gasteiger partial charge in [0.25, 0.3) is 0 Å². The number of aromatic amines is 2. The largest absolute Gasteiger partial charge is 0.342 e. The van der Waals surface area contributed by atoms with Crippen LogP contribution in [0.15, 0.2) is 24.4 Å². The monoisotopic (exact) mass is 267 g/mol. The summed E-state index contributed by atoms with van der Waals surface area (Å²) in [5.41, 5.74) is 10.1. The summed E-state index contributed by atoms with van der Waals surface area (Å²) in [4.78, 5) is 15.6. The van der Waals surface area contributed by atoms with Crippen molar-refractivity contribution in [2.75, 3.05) is 0 Å². The first-order valence-corrected chi connectivity index (χ1v) is 6.96. The van der Waals surface area contributed by atoms with Crippen LogP contribution in [0.3, 0.4) is 0 Å². The van der Waals surface area contributed by atoms with Gasteiger partial charge in [0.15, 0.2) is 0 Å². The molecule has 1 aromatic carbocycles. The number of nitrogens with one attached hydrogen (secondary N) is 2. The lowest BCUT2D eigenvalue weighted by molar-refractivity contribution is 0.340. The van der Waals surface area contributed by atoms with Gasteiger partial charge in [-0.15, -0.1) is 0 Å². The zero-order chi connectivity index (χ0) is 13.7. The molecule has 0 amide bonds. The van der Waals surface area contributed by atoms with Crippen LogP contribution in [-0.2, 0) is 0 Å². The zero-order valence-corrected chi connectivity index (χ0v) is 11.4. The van der Waals surface area contributed by atoms with Crippen LogP contribution in [0.25, 0.3) is 22.3 Å². The lowest BCUT2D eigenvalue weighted by Crippen LogP contribution is -2.35. The van der Waals surface area contributed by atoms with E-state index in [4.69, 9.17) is 5.73 Å². The SMILES string of the molecule is Cc1nc2ccc(-c3cnc(C4CC(N)C4)[nH]3)cc2[nH]1. The molecule has 3 aromatic rings. The highest BCUT2D eigenvalue weighted by Crippen LogP contribution is 2.34. The fourth-order valence-corrected chi connectivity index (χ4v) is 2.88. The molecule has 0 aliphatic heterocycles. The molecule has 2 heterocycles. The summed E-state index contributed by atoms with van der Waals surface area (Å²) in [6, 6.07) is 6.57. The smallest absolute Gasteiger partial charge is 0.109 e. The third-order valence-electron chi connectivity index (χ3n) is 4.07. The van der Waals surface area contributed by atoms with Crippen molar-refractivity contribution in [3.05, 3.63) is 36.0 Å². The Morgan fingerprint density at radius 2 is 2.10 bits per heavy atom. The van der Waals surface area contributed by atoms with E-state index < -0.39 is 0 Å². The van der Waals surface area contributed by atoms with E-state index >= 15 is 0 Å². The van der Waals surface area contributed by atoms with Crippen LogP contribution in [0.5, 0.6) is 0 Å². The normalized spacial score (nSPS) is 22.1. The Labute approximate surface area is 116 Å². The van der Waals surface area contributed by atoms with Gasteiger partial charge >= 0.3 is 0 Å². The molecule has 5 nitrogen and oxygen atoms in total. The van der Waals surface area contributed by atoms with Crippen molar-refractivity contribution in [3.8, 4) is 11.3 Å². The number of benzene rings is 1. The van der Waals surface area contributed by atoms with E-state index in [1.165, 1.54) is 0 Å². The van der Waals surface area contributed by atoms with E-state index in [2.05, 4.69) is 32.1 Å². The van der Waals surface area contributed by atoms with E-state index in [0.29, 0.717) is 12.0 Å². The quantitative estimate of drug-likeness (QED) is 0.667. The molecule has 0 bridgehead atoms. The van der Waals surface area contributed by atoms with Gasteiger partial charge in [0.2, 0.25) is 0 Å². The van der Waals surface area contributed by atoms with E-state index in [1.54, 1.807) is 0 Å². The number of nitrogens with two attached hydrogens (primary N) is 1. The number of fused-ring (bicyclic) bond motifs is 1. The highest BCUT2D eigenvalue weighted by atomic mass is 14.9. The Morgan fingerprint density at radius 3 is 2.90 bits per heavy atom. The predicted octanol–water partition coefficient (Wildman–Crippen LogP) is 2.47. The molecular formula is C15H17N5. The first-order chi connectivity index (χ1) is 9.69. The van der Waals surface area contributed by atoms with Gasteiger partial charge in [0, 0.05) is 17.5 Å². The molecule has 1 fully saturated rings. The number of hydrogen-bond acceptors (Lipinski definition) is 3. The maximum absolute atomic E-state index is 5.84. The second-order valence-electron chi connectivity index (χ2n) is 5.66. The van der Waals surface area contributed by atoms with Crippen LogP contribution in [0.2, 0.25) is 0 Å². The molecule has 20 heavy (non-hydrogen) atoms. The molecule has 1 aliphatic carbocycles. The highest BCUT2D eigenvalue weighted by molar-refractivity contribution is 5.81. The van der Waals surface area contributed by atoms with Gasteiger partial charge < -0.3 is 15.7 Å². The summed E-state index contributed by atoms with van der Waals surface area (Å²) in [5, 5.41) is 0. The van der Waals surface area contributed by atoms with Crippen LogP contribution >= 0.6 is 0 Å². The Kier molecular flexibility index (Phi) is 2.44. The number of aromatic nitrogens is 4. The number of hydrogen-bond donors (Lipinski definition) is 3. The maximum Gasteiger partial charge on any atom is 0.109 e. The first-order valence-electron chi connectivity index (χ1n) is 6.96. The topological polar surface area (TPSA) is 83.4 Å². The van der Waals surface area contributed by atoms with Crippen molar-refractivity contribution < 1.29 is 0 Å². The molecule has 0 saturated heterocycles. The van der Waals surface area contributed by atoms with Gasteiger partial charge in [-0.2, -0.15) is 0 Å². The summed E-state index contributed by atoms with van der Waals surface area (Å²) in [6.45, 7) is 1.97. The Balaban J connectivity index is 1.68. The third kappa shape index (κ3) is 1.82. The summed E-state index contributed by atoms with van der Waals surface area (Å²) in [5.74, 6) is 2.49. The zero-order valence-electron chi connectivity index (χ0n) is 11.4. The van der Waals surface area contributed by atoms with Crippen molar-refractivity contribution in [1.82, 2.24) is 19.9 Å². The molecule has 5 heteroatoms. The van der Waals surface area contributed by atoms with Crippen molar-refractivity contribution >= 4 is 11.0 Å². The molecular weight excluding hydrogens is 250 g/mol. The van der Waals surface area contributed by atoms with Gasteiger partial charge in [-0.1, -0.05) is 6.07 Å². The van der Waals surface area contributed by atoms with Crippen LogP contribution < -0.4 is 5.73 Å². The lowest BCUT2D eigenvalue weighted by atomic mass is 9.80. The number of rotatable bonds is 2. The lowest BCUT2D eigenvalue weighted by Gasteiger charge is -2.30. The molecule has 4 rings (SSSR count).